The molecule has 1 N–H and O–H groups in total. The zero-order valence-electron chi connectivity index (χ0n) is 20.0. The molecule has 8 nitrogen and oxygen atoms in total. The second-order valence-electron chi connectivity index (χ2n) is 8.01. The van der Waals surface area contributed by atoms with E-state index in [1.54, 1.807) is 38.1 Å². The monoisotopic (exact) mass is 510 g/mol. The van der Waals surface area contributed by atoms with Crippen molar-refractivity contribution in [2.45, 2.75) is 26.8 Å². The van der Waals surface area contributed by atoms with Crippen LogP contribution in [0, 0.1) is 19.7 Å². The summed E-state index contributed by atoms with van der Waals surface area (Å²) in [5.41, 5.74) is 0.962. The number of rotatable bonds is 6. The SMILES string of the molecule is CCOc1ccc(C(O)=C2C(=O)C(=O)N(c3nc(C)c(C(=O)OC)s3)[C@H]2c2ccccc2F)cc1C. The fraction of sp³-hybridized carbons (Fsp3) is 0.231. The Morgan fingerprint density at radius 2 is 1.92 bits per heavy atom. The van der Waals surface area contributed by atoms with Crippen LogP contribution in [-0.4, -0.2) is 41.5 Å². The van der Waals surface area contributed by atoms with E-state index in [1.807, 2.05) is 6.92 Å². The van der Waals surface area contributed by atoms with Crippen LogP contribution in [0.2, 0.25) is 0 Å². The number of carbonyl (C=O) groups excluding carboxylic acids is 3. The van der Waals surface area contributed by atoms with Crippen LogP contribution in [0.3, 0.4) is 0 Å². The molecular formula is C26H23FN2O6S. The van der Waals surface area contributed by atoms with Gasteiger partial charge >= 0.3 is 11.9 Å². The molecule has 36 heavy (non-hydrogen) atoms. The highest BCUT2D eigenvalue weighted by Gasteiger charge is 2.49. The smallest absolute Gasteiger partial charge is 0.350 e. The molecule has 1 aliphatic rings. The molecule has 0 radical (unpaired) electrons. The second-order valence-corrected chi connectivity index (χ2v) is 8.98. The molecular weight excluding hydrogens is 487 g/mol. The number of anilines is 1. The molecule has 4 rings (SSSR count). The van der Waals surface area contributed by atoms with Crippen molar-refractivity contribution < 1.29 is 33.4 Å². The summed E-state index contributed by atoms with van der Waals surface area (Å²) in [5.74, 6) is -3.19. The average Bonchev–Trinajstić information content (AvgIpc) is 3.36. The molecule has 0 unspecified atom stereocenters. The molecule has 1 saturated heterocycles. The molecule has 1 amide bonds. The predicted molar refractivity (Wildman–Crippen MR) is 132 cm³/mol. The number of hydrogen-bond acceptors (Lipinski definition) is 8. The number of ketones is 1. The largest absolute Gasteiger partial charge is 0.507 e. The number of benzene rings is 2. The van der Waals surface area contributed by atoms with Crippen LogP contribution in [0.1, 0.15) is 45.0 Å². The van der Waals surface area contributed by atoms with E-state index in [1.165, 1.54) is 25.3 Å². The first-order chi connectivity index (χ1) is 17.2. The fourth-order valence-corrected chi connectivity index (χ4v) is 5.07. The van der Waals surface area contributed by atoms with E-state index in [2.05, 4.69) is 4.98 Å². The van der Waals surface area contributed by atoms with Crippen molar-refractivity contribution in [2.24, 2.45) is 0 Å². The zero-order valence-corrected chi connectivity index (χ0v) is 20.8. The van der Waals surface area contributed by atoms with Crippen LogP contribution in [0.4, 0.5) is 9.52 Å². The van der Waals surface area contributed by atoms with Crippen molar-refractivity contribution in [3.8, 4) is 5.75 Å². The average molecular weight is 511 g/mol. The van der Waals surface area contributed by atoms with E-state index in [9.17, 15) is 19.5 Å². The second kappa shape index (κ2) is 9.90. The lowest BCUT2D eigenvalue weighted by Gasteiger charge is -2.23. The van der Waals surface area contributed by atoms with E-state index in [0.29, 0.717) is 17.9 Å². The number of aliphatic hydroxyl groups excluding tert-OH is 1. The van der Waals surface area contributed by atoms with Gasteiger partial charge in [0.25, 0.3) is 5.78 Å². The number of thiazole rings is 1. The molecule has 1 atom stereocenters. The van der Waals surface area contributed by atoms with Crippen LogP contribution in [-0.2, 0) is 14.3 Å². The van der Waals surface area contributed by atoms with Gasteiger partial charge < -0.3 is 14.6 Å². The van der Waals surface area contributed by atoms with E-state index in [4.69, 9.17) is 9.47 Å². The molecule has 186 valence electrons. The molecule has 2 aromatic carbocycles. The molecule has 0 saturated carbocycles. The standard InChI is InChI=1S/C26H23FN2O6S/c1-5-35-18-11-10-15(12-13(18)2)21(30)19-20(16-8-6-7-9-17(16)27)29(24(32)22(19)31)26-28-14(3)23(36-26)25(33)34-4/h6-12,20,30H,5H2,1-4H3/t20-/m0/s1. The van der Waals surface area contributed by atoms with E-state index >= 15 is 4.39 Å². The molecule has 1 aliphatic heterocycles. The lowest BCUT2D eigenvalue weighted by atomic mass is 9.94. The Hall–Kier alpha value is -4.05. The topological polar surface area (TPSA) is 106 Å². The quantitative estimate of drug-likeness (QED) is 0.222. The van der Waals surface area contributed by atoms with Gasteiger partial charge in [-0.15, -0.1) is 0 Å². The van der Waals surface area contributed by atoms with Crippen LogP contribution >= 0.6 is 11.3 Å². The van der Waals surface area contributed by atoms with Crippen molar-refractivity contribution in [2.75, 3.05) is 18.6 Å². The molecule has 10 heteroatoms. The van der Waals surface area contributed by atoms with Gasteiger partial charge in [0.1, 0.15) is 28.2 Å². The van der Waals surface area contributed by atoms with Crippen molar-refractivity contribution in [1.82, 2.24) is 4.98 Å². The van der Waals surface area contributed by atoms with Gasteiger partial charge in [-0.2, -0.15) is 0 Å². The van der Waals surface area contributed by atoms with E-state index < -0.39 is 35.3 Å². The minimum absolute atomic E-state index is 0.00479. The maximum atomic E-state index is 15.0. The van der Waals surface area contributed by atoms with Crippen LogP contribution < -0.4 is 9.64 Å². The lowest BCUT2D eigenvalue weighted by molar-refractivity contribution is -0.132. The lowest BCUT2D eigenvalue weighted by Crippen LogP contribution is -2.29. The number of carbonyl (C=O) groups is 3. The van der Waals surface area contributed by atoms with E-state index in [0.717, 1.165) is 16.2 Å². The third kappa shape index (κ3) is 4.24. The van der Waals surface area contributed by atoms with Crippen LogP contribution in [0.25, 0.3) is 5.76 Å². The Bertz CT molecular complexity index is 1410. The highest BCUT2D eigenvalue weighted by atomic mass is 32.1. The predicted octanol–water partition coefficient (Wildman–Crippen LogP) is 4.71. The van der Waals surface area contributed by atoms with Gasteiger partial charge in [0, 0.05) is 11.1 Å². The molecule has 1 fully saturated rings. The number of aryl methyl sites for hydroxylation is 2. The minimum atomic E-state index is -1.31. The van der Waals surface area contributed by atoms with Gasteiger partial charge in [-0.05, 0) is 50.6 Å². The minimum Gasteiger partial charge on any atom is -0.507 e. The Morgan fingerprint density at radius 3 is 2.56 bits per heavy atom. The first kappa shape index (κ1) is 25.1. The van der Waals surface area contributed by atoms with Gasteiger partial charge in [-0.25, -0.2) is 14.2 Å². The van der Waals surface area contributed by atoms with Gasteiger partial charge in [0.2, 0.25) is 0 Å². The molecule has 0 spiro atoms. The number of aliphatic hydroxyl groups is 1. The summed E-state index contributed by atoms with van der Waals surface area (Å²) in [7, 11) is 1.21. The van der Waals surface area contributed by atoms with E-state index in [-0.39, 0.29) is 32.4 Å². The van der Waals surface area contributed by atoms with Crippen LogP contribution in [0.5, 0.6) is 5.75 Å². The summed E-state index contributed by atoms with van der Waals surface area (Å²) in [5, 5.41) is 11.3. The van der Waals surface area contributed by atoms with Crippen molar-refractivity contribution >= 4 is 39.9 Å². The van der Waals surface area contributed by atoms with Crippen molar-refractivity contribution in [1.29, 1.82) is 0 Å². The third-order valence-corrected chi connectivity index (χ3v) is 6.89. The van der Waals surface area contributed by atoms with Gasteiger partial charge in [-0.1, -0.05) is 29.5 Å². The zero-order chi connectivity index (χ0) is 26.1. The Balaban J connectivity index is 1.93. The summed E-state index contributed by atoms with van der Waals surface area (Å²) in [6.07, 6.45) is 0. The normalized spacial score (nSPS) is 16.9. The fourth-order valence-electron chi connectivity index (χ4n) is 4.06. The Labute approximate surface area is 210 Å². The molecule has 0 aliphatic carbocycles. The number of nitrogens with zero attached hydrogens (tertiary/aromatic N) is 2. The number of halogens is 1. The Kier molecular flexibility index (Phi) is 6.89. The molecule has 1 aromatic heterocycles. The Morgan fingerprint density at radius 1 is 1.19 bits per heavy atom. The van der Waals surface area contributed by atoms with Crippen molar-refractivity contribution in [3.63, 3.8) is 0 Å². The van der Waals surface area contributed by atoms with Crippen LogP contribution in [0.15, 0.2) is 48.0 Å². The first-order valence-electron chi connectivity index (χ1n) is 11.0. The molecule has 2 heterocycles. The molecule has 3 aromatic rings. The number of esters is 1. The maximum absolute atomic E-state index is 15.0. The first-order valence-corrected chi connectivity index (χ1v) is 11.9. The number of hydrogen-bond donors (Lipinski definition) is 1. The summed E-state index contributed by atoms with van der Waals surface area (Å²) >= 11 is 0.843. The summed E-state index contributed by atoms with van der Waals surface area (Å²) in [4.78, 5) is 44.1. The highest BCUT2D eigenvalue weighted by Crippen LogP contribution is 2.44. The van der Waals surface area contributed by atoms with Crippen molar-refractivity contribution in [3.05, 3.63) is 81.1 Å². The number of methoxy groups -OCH3 is 1. The third-order valence-electron chi connectivity index (χ3n) is 5.75. The molecule has 0 bridgehead atoms. The highest BCUT2D eigenvalue weighted by molar-refractivity contribution is 7.17. The van der Waals surface area contributed by atoms with Gasteiger partial charge in [-0.3, -0.25) is 14.5 Å². The number of ether oxygens (including phenoxy) is 2. The van der Waals surface area contributed by atoms with Gasteiger partial charge in [0.05, 0.1) is 25.0 Å². The summed E-state index contributed by atoms with van der Waals surface area (Å²) in [6, 6.07) is 9.18. The van der Waals surface area contributed by atoms with Gasteiger partial charge in [0.15, 0.2) is 5.13 Å². The summed E-state index contributed by atoms with van der Waals surface area (Å²) in [6.45, 7) is 5.63. The maximum Gasteiger partial charge on any atom is 0.350 e. The summed E-state index contributed by atoms with van der Waals surface area (Å²) < 4.78 is 25.3. The number of Topliss-reactive ketones (excluding diaryl/α,β-unsaturated/α-hetero) is 1. The number of aromatic nitrogens is 1. The number of amides is 1.